The number of alkyl halides is 1. The van der Waals surface area contributed by atoms with Crippen molar-refractivity contribution in [2.75, 3.05) is 0 Å². The molecule has 0 amide bonds. The molecule has 0 N–H and O–H groups in total. The van der Waals surface area contributed by atoms with E-state index in [-0.39, 0.29) is 0 Å². The minimum Gasteiger partial charge on any atom is -0.237 e. The van der Waals surface area contributed by atoms with Crippen LogP contribution in [0.3, 0.4) is 0 Å². The summed E-state index contributed by atoms with van der Waals surface area (Å²) in [7, 11) is 0. The van der Waals surface area contributed by atoms with E-state index in [4.69, 9.17) is 23.2 Å². The molecule has 15 heavy (non-hydrogen) atoms. The van der Waals surface area contributed by atoms with Gasteiger partial charge in [-0.3, -0.25) is 0 Å². The smallest absolute Gasteiger partial charge is 0.160 e. The lowest BCUT2D eigenvalue weighted by molar-refractivity contribution is 1.09. The van der Waals surface area contributed by atoms with Crippen LogP contribution in [0.15, 0.2) is 36.5 Å². The SMILES string of the molecule is ClCc1ccnc(-c2ccccc2Cl)n1. The molecule has 4 heteroatoms. The molecular weight excluding hydrogens is 231 g/mol. The quantitative estimate of drug-likeness (QED) is 0.749. The van der Waals surface area contributed by atoms with Gasteiger partial charge in [0.05, 0.1) is 16.6 Å². The fraction of sp³-hybridized carbons (Fsp3) is 0.0909. The predicted molar refractivity (Wildman–Crippen MR) is 62.0 cm³/mol. The first-order valence-corrected chi connectivity index (χ1v) is 5.35. The normalized spacial score (nSPS) is 10.3. The Hall–Kier alpha value is -1.12. The Kier molecular flexibility index (Phi) is 3.19. The number of aromatic nitrogens is 2. The third kappa shape index (κ3) is 2.28. The number of hydrogen-bond donors (Lipinski definition) is 0. The molecule has 0 saturated heterocycles. The van der Waals surface area contributed by atoms with Crippen LogP contribution in [0, 0.1) is 0 Å². The molecule has 0 fully saturated rings. The van der Waals surface area contributed by atoms with Crippen LogP contribution in [-0.2, 0) is 5.88 Å². The van der Waals surface area contributed by atoms with Crippen LogP contribution in [0.2, 0.25) is 5.02 Å². The average molecular weight is 239 g/mol. The maximum absolute atomic E-state index is 6.04. The minimum atomic E-state index is 0.375. The monoisotopic (exact) mass is 238 g/mol. The highest BCUT2D eigenvalue weighted by Crippen LogP contribution is 2.24. The summed E-state index contributed by atoms with van der Waals surface area (Å²) in [6, 6.07) is 9.26. The van der Waals surface area contributed by atoms with Gasteiger partial charge in [-0.05, 0) is 18.2 Å². The van der Waals surface area contributed by atoms with Gasteiger partial charge in [0.2, 0.25) is 0 Å². The molecule has 2 rings (SSSR count). The highest BCUT2D eigenvalue weighted by molar-refractivity contribution is 6.33. The van der Waals surface area contributed by atoms with Crippen LogP contribution >= 0.6 is 23.2 Å². The Labute approximate surface area is 97.9 Å². The van der Waals surface area contributed by atoms with Crippen LogP contribution in [0.1, 0.15) is 5.69 Å². The van der Waals surface area contributed by atoms with Gasteiger partial charge >= 0.3 is 0 Å². The second-order valence-electron chi connectivity index (χ2n) is 2.99. The Morgan fingerprint density at radius 3 is 2.67 bits per heavy atom. The third-order valence-corrected chi connectivity index (χ3v) is 2.57. The third-order valence-electron chi connectivity index (χ3n) is 1.96. The van der Waals surface area contributed by atoms with Crippen molar-refractivity contribution < 1.29 is 0 Å². The lowest BCUT2D eigenvalue weighted by Gasteiger charge is -2.03. The second-order valence-corrected chi connectivity index (χ2v) is 3.66. The number of halogens is 2. The molecule has 0 atom stereocenters. The van der Waals surface area contributed by atoms with E-state index >= 15 is 0 Å². The minimum absolute atomic E-state index is 0.375. The first-order valence-electron chi connectivity index (χ1n) is 4.44. The number of hydrogen-bond acceptors (Lipinski definition) is 2. The van der Waals surface area contributed by atoms with E-state index in [0.29, 0.717) is 16.7 Å². The van der Waals surface area contributed by atoms with Gasteiger partial charge in [0.1, 0.15) is 0 Å². The van der Waals surface area contributed by atoms with Gasteiger partial charge in [-0.15, -0.1) is 11.6 Å². The Bertz CT molecular complexity index is 472. The summed E-state index contributed by atoms with van der Waals surface area (Å²) in [6.45, 7) is 0. The zero-order chi connectivity index (χ0) is 10.7. The molecule has 0 aliphatic rings. The van der Waals surface area contributed by atoms with Gasteiger partial charge in [0.15, 0.2) is 5.82 Å². The Morgan fingerprint density at radius 1 is 1.13 bits per heavy atom. The van der Waals surface area contributed by atoms with Crippen molar-refractivity contribution in [1.29, 1.82) is 0 Å². The second kappa shape index (κ2) is 4.60. The zero-order valence-corrected chi connectivity index (χ0v) is 9.33. The van der Waals surface area contributed by atoms with Crippen LogP contribution in [0.25, 0.3) is 11.4 Å². The molecule has 0 spiro atoms. The van der Waals surface area contributed by atoms with Gasteiger partial charge in [-0.25, -0.2) is 9.97 Å². The lowest BCUT2D eigenvalue weighted by Crippen LogP contribution is -1.92. The van der Waals surface area contributed by atoms with Crippen molar-refractivity contribution in [2.24, 2.45) is 0 Å². The number of benzene rings is 1. The molecular formula is C11H8Cl2N2. The summed E-state index contributed by atoms with van der Waals surface area (Å²) >= 11 is 11.7. The van der Waals surface area contributed by atoms with E-state index in [9.17, 15) is 0 Å². The van der Waals surface area contributed by atoms with E-state index in [0.717, 1.165) is 11.3 Å². The highest BCUT2D eigenvalue weighted by atomic mass is 35.5. The van der Waals surface area contributed by atoms with Crippen molar-refractivity contribution in [3.05, 3.63) is 47.2 Å². The fourth-order valence-corrected chi connectivity index (χ4v) is 1.61. The first kappa shape index (κ1) is 10.4. The molecule has 2 nitrogen and oxygen atoms in total. The standard InChI is InChI=1S/C11H8Cl2N2/c12-7-8-5-6-14-11(15-8)9-3-1-2-4-10(9)13/h1-6H,7H2. The maximum Gasteiger partial charge on any atom is 0.160 e. The van der Waals surface area contributed by atoms with Gasteiger partial charge in [-0.1, -0.05) is 23.7 Å². The highest BCUT2D eigenvalue weighted by Gasteiger charge is 2.05. The fourth-order valence-electron chi connectivity index (χ4n) is 1.24. The van der Waals surface area contributed by atoms with Crippen molar-refractivity contribution in [1.82, 2.24) is 9.97 Å². The molecule has 0 saturated carbocycles. The van der Waals surface area contributed by atoms with Crippen LogP contribution < -0.4 is 0 Å². The van der Waals surface area contributed by atoms with Crippen molar-refractivity contribution in [3.8, 4) is 11.4 Å². The Balaban J connectivity index is 2.49. The number of rotatable bonds is 2. The van der Waals surface area contributed by atoms with Crippen LogP contribution in [0.4, 0.5) is 0 Å². The lowest BCUT2D eigenvalue weighted by atomic mass is 10.2. The van der Waals surface area contributed by atoms with Crippen LogP contribution in [-0.4, -0.2) is 9.97 Å². The molecule has 0 bridgehead atoms. The van der Waals surface area contributed by atoms with Crippen molar-refractivity contribution in [3.63, 3.8) is 0 Å². The van der Waals surface area contributed by atoms with E-state index in [1.54, 1.807) is 12.3 Å². The van der Waals surface area contributed by atoms with Crippen molar-refractivity contribution in [2.45, 2.75) is 5.88 Å². The Morgan fingerprint density at radius 2 is 1.93 bits per heavy atom. The van der Waals surface area contributed by atoms with Crippen LogP contribution in [0.5, 0.6) is 0 Å². The first-order chi connectivity index (χ1) is 7.31. The molecule has 1 aromatic carbocycles. The van der Waals surface area contributed by atoms with Gasteiger partial charge < -0.3 is 0 Å². The molecule has 0 aliphatic carbocycles. The summed E-state index contributed by atoms with van der Waals surface area (Å²) in [6.07, 6.45) is 1.68. The molecule has 76 valence electrons. The molecule has 1 aromatic heterocycles. The molecule has 0 radical (unpaired) electrons. The molecule has 2 aromatic rings. The van der Waals surface area contributed by atoms with E-state index < -0.39 is 0 Å². The largest absolute Gasteiger partial charge is 0.237 e. The number of nitrogens with zero attached hydrogens (tertiary/aromatic N) is 2. The van der Waals surface area contributed by atoms with Gasteiger partial charge in [-0.2, -0.15) is 0 Å². The van der Waals surface area contributed by atoms with Gasteiger partial charge in [0.25, 0.3) is 0 Å². The maximum atomic E-state index is 6.04. The van der Waals surface area contributed by atoms with E-state index in [1.165, 1.54) is 0 Å². The van der Waals surface area contributed by atoms with E-state index in [1.807, 2.05) is 24.3 Å². The summed E-state index contributed by atoms with van der Waals surface area (Å²) in [5, 5.41) is 0.643. The molecule has 0 aliphatic heterocycles. The zero-order valence-electron chi connectivity index (χ0n) is 7.82. The summed E-state index contributed by atoms with van der Waals surface area (Å²) < 4.78 is 0. The van der Waals surface area contributed by atoms with Crippen molar-refractivity contribution >= 4 is 23.2 Å². The predicted octanol–water partition coefficient (Wildman–Crippen LogP) is 3.54. The van der Waals surface area contributed by atoms with E-state index in [2.05, 4.69) is 9.97 Å². The summed E-state index contributed by atoms with van der Waals surface area (Å²) in [5.41, 5.74) is 1.62. The topological polar surface area (TPSA) is 25.8 Å². The average Bonchev–Trinajstić information content (AvgIpc) is 2.30. The summed E-state index contributed by atoms with van der Waals surface area (Å²) in [5.74, 6) is 0.985. The molecule has 0 unspecified atom stereocenters. The molecule has 1 heterocycles. The summed E-state index contributed by atoms with van der Waals surface area (Å²) in [4.78, 5) is 8.46. The van der Waals surface area contributed by atoms with Gasteiger partial charge in [0, 0.05) is 11.8 Å².